The van der Waals surface area contributed by atoms with Gasteiger partial charge in [-0.15, -0.1) is 13.2 Å². The summed E-state index contributed by atoms with van der Waals surface area (Å²) in [6, 6.07) is 8.09. The molecule has 0 unspecified atom stereocenters. The molecule has 1 aromatic heterocycles. The first-order chi connectivity index (χ1) is 23.8. The summed E-state index contributed by atoms with van der Waals surface area (Å²) in [4.78, 5) is 50.3. The number of alkyl halides is 3. The Bertz CT molecular complexity index is 1660. The molecule has 0 fully saturated rings. The summed E-state index contributed by atoms with van der Waals surface area (Å²) >= 11 is 0. The number of H-pyrrole nitrogens is 1. The predicted molar refractivity (Wildman–Crippen MR) is 192 cm³/mol. The third-order valence-corrected chi connectivity index (χ3v) is 12.2. The molecule has 52 heavy (non-hydrogen) atoms. The van der Waals surface area contributed by atoms with Crippen molar-refractivity contribution in [3.05, 3.63) is 68.4 Å². The molecule has 1 heterocycles. The second kappa shape index (κ2) is 24.2. The number of nitrogens with one attached hydrogen (secondary N) is 3. The van der Waals surface area contributed by atoms with Gasteiger partial charge in [-0.3, -0.25) is 9.36 Å². The largest absolute Gasteiger partial charge is 1.00 e. The molecule has 0 bridgehead atoms. The van der Waals surface area contributed by atoms with E-state index in [9.17, 15) is 32.3 Å². The van der Waals surface area contributed by atoms with Crippen molar-refractivity contribution in [1.29, 1.82) is 0 Å². The Hall–Kier alpha value is -3.19. The molecule has 18 heteroatoms. The third-order valence-electron chi connectivity index (χ3n) is 7.63. The fourth-order valence-electron chi connectivity index (χ4n) is 3.98. The standard InChI is InChI=1S/C19H32N2O4Si.C13H13F3N2O3.CH4O.CH3O.Na/c1-14-9-10-16(15(13-14)17(22)24-5)21-18(23)20-11-8-12-25-26(6,7)19(2,3)4;1-2-3-6-18-11(19)9-7-8(21-13(14,15)16)4-5-10(9)17-12(18)20;2*1-2;/h9-10,13H,8,11-12H2,1-7H3,(H2,20,21,23);4-5,7H,2-3,6H2,1H3,(H,17,20);2H,1H3;1H3;/q;;;-1;+1. The number of methoxy groups -OCH3 is 1. The summed E-state index contributed by atoms with van der Waals surface area (Å²) in [7, 11) is 1.31. The van der Waals surface area contributed by atoms with Crippen LogP contribution in [-0.2, 0) is 15.7 Å². The zero-order valence-electron chi connectivity index (χ0n) is 32.0. The second-order valence-electron chi connectivity index (χ2n) is 12.4. The molecule has 0 saturated carbocycles. The van der Waals surface area contributed by atoms with Crippen LogP contribution in [0, 0.1) is 6.92 Å². The quantitative estimate of drug-likeness (QED) is 0.129. The van der Waals surface area contributed by atoms with E-state index < -0.39 is 37.6 Å². The van der Waals surface area contributed by atoms with Gasteiger partial charge >= 0.3 is 53.6 Å². The number of rotatable bonds is 11. The molecule has 4 N–H and O–H groups in total. The van der Waals surface area contributed by atoms with E-state index in [-0.39, 0.29) is 58.1 Å². The first-order valence-electron chi connectivity index (χ1n) is 16.1. The van der Waals surface area contributed by atoms with Gasteiger partial charge in [0.15, 0.2) is 8.32 Å². The minimum atomic E-state index is -4.84. The van der Waals surface area contributed by atoms with Gasteiger partial charge in [0.1, 0.15) is 5.75 Å². The number of urea groups is 1. The predicted octanol–water partition coefficient (Wildman–Crippen LogP) is 2.29. The number of aromatic amines is 1. The van der Waals surface area contributed by atoms with Crippen LogP contribution < -0.4 is 61.3 Å². The minimum Gasteiger partial charge on any atom is -0.857 e. The molecule has 2 aromatic carbocycles. The van der Waals surface area contributed by atoms with Gasteiger partial charge in [-0.2, -0.15) is 7.11 Å². The minimum absolute atomic E-state index is 0. The molecule has 288 valence electrons. The summed E-state index contributed by atoms with van der Waals surface area (Å²) in [6.07, 6.45) is -2.71. The van der Waals surface area contributed by atoms with E-state index in [4.69, 9.17) is 19.4 Å². The van der Waals surface area contributed by atoms with E-state index >= 15 is 0 Å². The number of hydrogen-bond donors (Lipinski definition) is 4. The number of esters is 1. The summed E-state index contributed by atoms with van der Waals surface area (Å²) in [5.74, 6) is -0.979. The molecule has 13 nitrogen and oxygen atoms in total. The Balaban J connectivity index is 0. The number of fused-ring (bicyclic) bond motifs is 1. The van der Waals surface area contributed by atoms with Crippen molar-refractivity contribution in [3.63, 3.8) is 0 Å². The molecule has 0 aliphatic carbocycles. The maximum atomic E-state index is 12.2. The molecule has 0 spiro atoms. The molecule has 0 aliphatic rings. The number of aliphatic hydroxyl groups is 1. The fourth-order valence-corrected chi connectivity index (χ4v) is 5.06. The van der Waals surface area contributed by atoms with Crippen molar-refractivity contribution in [3.8, 4) is 5.75 Å². The van der Waals surface area contributed by atoms with Crippen LogP contribution in [0.4, 0.5) is 23.7 Å². The first kappa shape index (κ1) is 50.9. The molecule has 2 amide bonds. The van der Waals surface area contributed by atoms with E-state index in [0.717, 1.165) is 49.3 Å². The number of ether oxygens (including phenoxy) is 2. The van der Waals surface area contributed by atoms with Crippen molar-refractivity contribution in [2.45, 2.75) is 84.9 Å². The molecule has 0 saturated heterocycles. The number of unbranched alkanes of at least 4 members (excludes halogenated alkanes) is 1. The first-order valence-corrected chi connectivity index (χ1v) is 19.0. The van der Waals surface area contributed by atoms with Crippen LogP contribution in [0.25, 0.3) is 10.9 Å². The van der Waals surface area contributed by atoms with Crippen molar-refractivity contribution < 1.29 is 76.4 Å². The number of aromatic nitrogens is 2. The number of aryl methyl sites for hydroxylation is 1. The number of carbonyl (C=O) groups is 2. The Morgan fingerprint density at radius 3 is 2.17 bits per heavy atom. The molecule has 0 aliphatic heterocycles. The van der Waals surface area contributed by atoms with Crippen LogP contribution in [0.2, 0.25) is 18.1 Å². The van der Waals surface area contributed by atoms with Gasteiger partial charge in [0.2, 0.25) is 0 Å². The van der Waals surface area contributed by atoms with Gasteiger partial charge in [0.25, 0.3) is 5.56 Å². The van der Waals surface area contributed by atoms with Gasteiger partial charge in [-0.25, -0.2) is 14.4 Å². The summed E-state index contributed by atoms with van der Waals surface area (Å²) < 4.78 is 52.2. The number of aliphatic hydroxyl groups excluding tert-OH is 1. The van der Waals surface area contributed by atoms with Crippen molar-refractivity contribution >= 4 is 36.9 Å². The number of hydrogen-bond acceptors (Lipinski definition) is 9. The van der Waals surface area contributed by atoms with Crippen LogP contribution >= 0.6 is 0 Å². The zero-order chi connectivity index (χ0) is 39.6. The smallest absolute Gasteiger partial charge is 0.857 e. The van der Waals surface area contributed by atoms with E-state index in [0.29, 0.717) is 30.8 Å². The Morgan fingerprint density at radius 2 is 1.63 bits per heavy atom. The fraction of sp³-hybridized carbons (Fsp3) is 0.529. The van der Waals surface area contributed by atoms with Gasteiger partial charge in [0, 0.05) is 26.8 Å². The number of amides is 2. The van der Waals surface area contributed by atoms with Crippen LogP contribution in [0.1, 0.15) is 62.9 Å². The van der Waals surface area contributed by atoms with Gasteiger partial charge in [0.05, 0.1) is 29.3 Å². The Kier molecular flexibility index (Phi) is 23.7. The van der Waals surface area contributed by atoms with E-state index in [1.54, 1.807) is 12.1 Å². The summed E-state index contributed by atoms with van der Waals surface area (Å²) in [5, 5.41) is 20.9. The number of benzene rings is 2. The Labute approximate surface area is 325 Å². The molecular formula is C34H52F3N4NaO9Si. The van der Waals surface area contributed by atoms with Crippen LogP contribution in [0.15, 0.2) is 46.0 Å². The monoisotopic (exact) mass is 768 g/mol. The van der Waals surface area contributed by atoms with E-state index in [1.807, 2.05) is 19.9 Å². The van der Waals surface area contributed by atoms with Crippen LogP contribution in [0.3, 0.4) is 0 Å². The molecular weight excluding hydrogens is 716 g/mol. The van der Waals surface area contributed by atoms with E-state index in [2.05, 4.69) is 54.2 Å². The topological polar surface area (TPSA) is 184 Å². The average molecular weight is 769 g/mol. The molecule has 3 aromatic rings. The average Bonchev–Trinajstić information content (AvgIpc) is 3.06. The number of halogens is 3. The van der Waals surface area contributed by atoms with E-state index in [1.165, 1.54) is 13.2 Å². The van der Waals surface area contributed by atoms with Crippen molar-refractivity contribution in [2.24, 2.45) is 0 Å². The Morgan fingerprint density at radius 1 is 1.02 bits per heavy atom. The van der Waals surface area contributed by atoms with Crippen molar-refractivity contribution in [2.75, 3.05) is 39.8 Å². The number of nitrogens with zero attached hydrogens (tertiary/aromatic N) is 1. The molecule has 3 rings (SSSR count). The summed E-state index contributed by atoms with van der Waals surface area (Å²) in [6.45, 7) is 16.1. The maximum absolute atomic E-state index is 12.2. The molecule has 0 radical (unpaired) electrons. The second-order valence-corrected chi connectivity index (χ2v) is 17.2. The SMILES string of the molecule is CCCCn1c(=O)[nH]c2ccc(OC(F)(F)F)cc2c1=O.CO.COC(=O)c1cc(C)ccc1NC(=O)NCCCO[Si](C)(C)C(C)(C)C.C[O-].[Na+]. The van der Waals surface area contributed by atoms with Gasteiger partial charge in [-0.05, 0) is 68.2 Å². The normalized spacial score (nSPS) is 10.9. The van der Waals surface area contributed by atoms with Crippen LogP contribution in [0.5, 0.6) is 5.75 Å². The van der Waals surface area contributed by atoms with Crippen LogP contribution in [-0.4, -0.2) is 75.8 Å². The summed E-state index contributed by atoms with van der Waals surface area (Å²) in [5.41, 5.74) is 0.646. The third kappa shape index (κ3) is 17.1. The molecule has 0 atom stereocenters. The van der Waals surface area contributed by atoms with Gasteiger partial charge < -0.3 is 39.7 Å². The number of carbonyl (C=O) groups excluding carboxylic acids is 2. The zero-order valence-corrected chi connectivity index (χ0v) is 35.0. The van der Waals surface area contributed by atoms with Gasteiger partial charge in [-0.1, -0.05) is 45.7 Å². The number of anilines is 1. The van der Waals surface area contributed by atoms with Crippen molar-refractivity contribution in [1.82, 2.24) is 14.9 Å². The maximum Gasteiger partial charge on any atom is 1.00 e.